The number of ether oxygens (including phenoxy) is 3. The molecule has 1 unspecified atom stereocenters. The number of fused-ring (bicyclic) bond motifs is 1. The van der Waals surface area contributed by atoms with Gasteiger partial charge in [-0.2, -0.15) is 17.0 Å². The number of hydrogen-bond donors (Lipinski definition) is 0. The molecule has 1 aromatic heterocycles. The first-order valence-electron chi connectivity index (χ1n) is 10.3. The van der Waals surface area contributed by atoms with Gasteiger partial charge in [-0.3, -0.25) is 4.98 Å². The third-order valence-corrected chi connectivity index (χ3v) is 7.63. The first-order chi connectivity index (χ1) is 15.9. The van der Waals surface area contributed by atoms with Crippen LogP contribution < -0.4 is 14.2 Å². The number of hydrogen-bond acceptors (Lipinski definition) is 7. The predicted octanol–water partition coefficient (Wildman–Crippen LogP) is 2.39. The second-order valence-electron chi connectivity index (χ2n) is 7.59. The Morgan fingerprint density at radius 2 is 1.79 bits per heavy atom. The molecule has 1 atom stereocenters. The molecule has 3 aromatic rings. The third kappa shape index (κ3) is 4.37. The van der Waals surface area contributed by atoms with Crippen LogP contribution >= 0.6 is 0 Å². The fraction of sp³-hybridized carbons (Fsp3) is 0.304. The average Bonchev–Trinajstić information content (AvgIpc) is 3.07. The van der Waals surface area contributed by atoms with Crippen LogP contribution in [0.15, 0.2) is 48.7 Å². The fourth-order valence-corrected chi connectivity index (χ4v) is 5.68. The Hall–Kier alpha value is -3.21. The summed E-state index contributed by atoms with van der Waals surface area (Å²) in [5, 5.41) is 0.840. The quantitative estimate of drug-likeness (QED) is 0.465. The van der Waals surface area contributed by atoms with Gasteiger partial charge in [0.15, 0.2) is 0 Å². The van der Waals surface area contributed by atoms with Crippen molar-refractivity contribution >= 4 is 27.4 Å². The molecule has 2 aromatic carbocycles. The number of carbonyl (C=O) groups excluding carboxylic acids is 1. The first kappa shape index (κ1) is 23.0. The summed E-state index contributed by atoms with van der Waals surface area (Å²) in [5.74, 6) is 1.78. The Morgan fingerprint density at radius 1 is 1.00 bits per heavy atom. The van der Waals surface area contributed by atoms with Crippen molar-refractivity contribution in [3.05, 3.63) is 59.8 Å². The maximum absolute atomic E-state index is 13.3. The van der Waals surface area contributed by atoms with Crippen LogP contribution in [0, 0.1) is 0 Å². The van der Waals surface area contributed by atoms with Gasteiger partial charge in [-0.05, 0) is 29.8 Å². The molecule has 1 aliphatic heterocycles. The van der Waals surface area contributed by atoms with Crippen LogP contribution in [0.25, 0.3) is 10.9 Å². The summed E-state index contributed by atoms with van der Waals surface area (Å²) in [6, 6.07) is 11.6. The van der Waals surface area contributed by atoms with Crippen LogP contribution in [-0.4, -0.2) is 62.2 Å². The molecule has 0 bridgehead atoms. The van der Waals surface area contributed by atoms with Crippen LogP contribution in [0.4, 0.5) is 0 Å². The Labute approximate surface area is 192 Å². The SMILES string of the molecule is COc1ccc(CN2C(C=O)CN(Cc3ccc4c(OC)ccnc4c3)S2(=O)=O)c(OC)c1. The Bertz CT molecular complexity index is 1280. The zero-order valence-corrected chi connectivity index (χ0v) is 19.4. The van der Waals surface area contributed by atoms with E-state index < -0.39 is 16.3 Å². The van der Waals surface area contributed by atoms with Crippen molar-refractivity contribution in [2.45, 2.75) is 19.1 Å². The van der Waals surface area contributed by atoms with E-state index in [4.69, 9.17) is 14.2 Å². The second-order valence-corrected chi connectivity index (χ2v) is 9.47. The van der Waals surface area contributed by atoms with Gasteiger partial charge in [0.1, 0.15) is 23.5 Å². The van der Waals surface area contributed by atoms with Crippen LogP contribution in [0.1, 0.15) is 11.1 Å². The normalized spacial score (nSPS) is 18.3. The zero-order chi connectivity index (χ0) is 23.6. The average molecular weight is 472 g/mol. The number of aldehydes is 1. The topological polar surface area (TPSA) is 98.3 Å². The molecule has 4 rings (SSSR count). The summed E-state index contributed by atoms with van der Waals surface area (Å²) < 4.78 is 45.2. The lowest BCUT2D eigenvalue weighted by molar-refractivity contribution is -0.110. The van der Waals surface area contributed by atoms with Crippen LogP contribution in [0.3, 0.4) is 0 Å². The molecule has 0 aliphatic carbocycles. The van der Waals surface area contributed by atoms with Crippen molar-refractivity contribution < 1.29 is 27.4 Å². The number of benzene rings is 2. The lowest BCUT2D eigenvalue weighted by Gasteiger charge is -2.21. The van der Waals surface area contributed by atoms with Gasteiger partial charge in [-0.25, -0.2) is 0 Å². The highest BCUT2D eigenvalue weighted by Crippen LogP contribution is 2.32. The Morgan fingerprint density at radius 3 is 2.48 bits per heavy atom. The standard InChI is InChI=1S/C23H25N3O6S/c1-30-19-6-5-17(23(11-19)32-3)13-26-18(15-27)14-25(33(26,28)29)12-16-4-7-20-21(10-16)24-9-8-22(20)31-2/h4-11,15,18H,12-14H2,1-3H3. The fourth-order valence-electron chi connectivity index (χ4n) is 3.97. The summed E-state index contributed by atoms with van der Waals surface area (Å²) in [5.41, 5.74) is 2.10. The molecule has 9 nitrogen and oxygen atoms in total. The number of carbonyl (C=O) groups is 1. The van der Waals surface area contributed by atoms with Gasteiger partial charge in [-0.15, -0.1) is 0 Å². The monoisotopic (exact) mass is 471 g/mol. The van der Waals surface area contributed by atoms with Gasteiger partial charge in [0.2, 0.25) is 0 Å². The van der Waals surface area contributed by atoms with E-state index in [1.807, 2.05) is 18.2 Å². The maximum Gasteiger partial charge on any atom is 0.283 e. The number of nitrogens with zero attached hydrogens (tertiary/aromatic N) is 3. The molecule has 2 heterocycles. The van der Waals surface area contributed by atoms with Crippen molar-refractivity contribution in [3.63, 3.8) is 0 Å². The lowest BCUT2D eigenvalue weighted by Crippen LogP contribution is -2.36. The lowest BCUT2D eigenvalue weighted by atomic mass is 10.1. The van der Waals surface area contributed by atoms with E-state index in [0.29, 0.717) is 34.6 Å². The summed E-state index contributed by atoms with van der Waals surface area (Å²) in [6.07, 6.45) is 2.31. The van der Waals surface area contributed by atoms with E-state index in [-0.39, 0.29) is 19.6 Å². The van der Waals surface area contributed by atoms with Crippen molar-refractivity contribution in [1.29, 1.82) is 0 Å². The summed E-state index contributed by atoms with van der Waals surface area (Å²) >= 11 is 0. The number of methoxy groups -OCH3 is 3. The number of rotatable bonds is 8. The summed E-state index contributed by atoms with van der Waals surface area (Å²) in [4.78, 5) is 16.1. The molecule has 0 saturated carbocycles. The highest BCUT2D eigenvalue weighted by molar-refractivity contribution is 7.87. The van der Waals surface area contributed by atoms with Crippen LogP contribution in [0.2, 0.25) is 0 Å². The minimum absolute atomic E-state index is 0.00584. The maximum atomic E-state index is 13.3. The van der Waals surface area contributed by atoms with Gasteiger partial charge >= 0.3 is 0 Å². The van der Waals surface area contributed by atoms with Gasteiger partial charge in [0.05, 0.1) is 32.9 Å². The molecule has 10 heteroatoms. The smallest absolute Gasteiger partial charge is 0.283 e. The van der Waals surface area contributed by atoms with Gasteiger partial charge in [0.25, 0.3) is 10.2 Å². The molecule has 1 saturated heterocycles. The molecular formula is C23H25N3O6S. The van der Waals surface area contributed by atoms with Crippen molar-refractivity contribution in [2.75, 3.05) is 27.9 Å². The Balaban J connectivity index is 1.60. The molecule has 0 N–H and O–H groups in total. The van der Waals surface area contributed by atoms with Gasteiger partial charge in [-0.1, -0.05) is 12.1 Å². The largest absolute Gasteiger partial charge is 0.497 e. The van der Waals surface area contributed by atoms with Gasteiger partial charge < -0.3 is 19.0 Å². The molecule has 0 radical (unpaired) electrons. The second kappa shape index (κ2) is 9.34. The molecule has 0 spiro atoms. The first-order valence-corrected chi connectivity index (χ1v) is 11.7. The molecule has 1 fully saturated rings. The number of pyridine rings is 1. The summed E-state index contributed by atoms with van der Waals surface area (Å²) in [6.45, 7) is 0.192. The summed E-state index contributed by atoms with van der Waals surface area (Å²) in [7, 11) is 0.743. The molecular weight excluding hydrogens is 446 g/mol. The van der Waals surface area contributed by atoms with E-state index in [1.165, 1.54) is 22.8 Å². The highest BCUT2D eigenvalue weighted by atomic mass is 32.2. The van der Waals surface area contributed by atoms with Crippen molar-refractivity contribution in [1.82, 2.24) is 13.6 Å². The molecule has 174 valence electrons. The Kier molecular flexibility index (Phi) is 6.50. The third-order valence-electron chi connectivity index (χ3n) is 5.71. The van der Waals surface area contributed by atoms with E-state index in [2.05, 4.69) is 4.98 Å². The van der Waals surface area contributed by atoms with Crippen LogP contribution in [0.5, 0.6) is 17.2 Å². The minimum atomic E-state index is -3.89. The minimum Gasteiger partial charge on any atom is -0.497 e. The molecule has 1 aliphatic rings. The van der Waals surface area contributed by atoms with Crippen molar-refractivity contribution in [2.24, 2.45) is 0 Å². The van der Waals surface area contributed by atoms with E-state index in [0.717, 1.165) is 10.9 Å². The van der Waals surface area contributed by atoms with E-state index >= 15 is 0 Å². The van der Waals surface area contributed by atoms with Crippen molar-refractivity contribution in [3.8, 4) is 17.2 Å². The van der Waals surface area contributed by atoms with Gasteiger partial charge in [0, 0.05) is 42.8 Å². The van der Waals surface area contributed by atoms with Crippen LogP contribution in [-0.2, 0) is 28.1 Å². The molecule has 0 amide bonds. The van der Waals surface area contributed by atoms with E-state index in [1.54, 1.807) is 37.6 Å². The molecule has 33 heavy (non-hydrogen) atoms. The predicted molar refractivity (Wildman–Crippen MR) is 123 cm³/mol. The van der Waals surface area contributed by atoms with E-state index in [9.17, 15) is 13.2 Å². The highest BCUT2D eigenvalue weighted by Gasteiger charge is 2.44. The zero-order valence-electron chi connectivity index (χ0n) is 18.6. The number of aromatic nitrogens is 1.